The molecule has 0 unspecified atom stereocenters. The van der Waals surface area contributed by atoms with Crippen molar-refractivity contribution in [2.45, 2.75) is 50.7 Å². The van der Waals surface area contributed by atoms with Gasteiger partial charge in [0.15, 0.2) is 0 Å². The Morgan fingerprint density at radius 3 is 3.09 bits per heavy atom. The zero-order valence-electron chi connectivity index (χ0n) is 13.6. The predicted molar refractivity (Wildman–Crippen MR) is 89.1 cm³/mol. The van der Waals surface area contributed by atoms with Crippen molar-refractivity contribution in [2.75, 3.05) is 26.4 Å². The summed E-state index contributed by atoms with van der Waals surface area (Å²) >= 11 is 1.64. The van der Waals surface area contributed by atoms with E-state index in [4.69, 9.17) is 9.47 Å². The highest BCUT2D eigenvalue weighted by atomic mass is 32.1. The number of fused-ring (bicyclic) bond motifs is 1. The van der Waals surface area contributed by atoms with Gasteiger partial charge >= 0.3 is 0 Å². The molecule has 0 saturated carbocycles. The average molecular weight is 336 g/mol. The van der Waals surface area contributed by atoms with E-state index in [9.17, 15) is 0 Å². The van der Waals surface area contributed by atoms with E-state index in [1.807, 2.05) is 17.6 Å². The summed E-state index contributed by atoms with van der Waals surface area (Å²) in [4.78, 5) is 5.63. The fourth-order valence-electron chi connectivity index (χ4n) is 3.66. The minimum Gasteiger partial charge on any atom is -0.381 e. The van der Waals surface area contributed by atoms with E-state index in [-0.39, 0.29) is 5.60 Å². The number of hydrogen-bond donors (Lipinski definition) is 1. The normalized spacial score (nSPS) is 24.5. The van der Waals surface area contributed by atoms with Crippen molar-refractivity contribution in [3.63, 3.8) is 0 Å². The Labute approximate surface area is 140 Å². The maximum Gasteiger partial charge on any atom is 0.212 e. The summed E-state index contributed by atoms with van der Waals surface area (Å²) in [5.74, 6) is 0. The molecule has 2 aromatic heterocycles. The Bertz CT molecular complexity index is 625. The van der Waals surface area contributed by atoms with Crippen LogP contribution < -0.4 is 5.32 Å². The van der Waals surface area contributed by atoms with Crippen molar-refractivity contribution in [1.82, 2.24) is 19.9 Å². The first-order chi connectivity index (χ1) is 11.2. The SMILES string of the molecule is Cc1nn2cc(CCN[C@@H]3CCOC4(CCOCC4)C3)nc2s1. The van der Waals surface area contributed by atoms with Crippen LogP contribution in [0.1, 0.15) is 36.4 Å². The van der Waals surface area contributed by atoms with Crippen molar-refractivity contribution in [3.05, 3.63) is 16.9 Å². The quantitative estimate of drug-likeness (QED) is 0.925. The van der Waals surface area contributed by atoms with Crippen LogP contribution in [0.15, 0.2) is 6.20 Å². The van der Waals surface area contributed by atoms with Gasteiger partial charge in [-0.3, -0.25) is 0 Å². The monoisotopic (exact) mass is 336 g/mol. The summed E-state index contributed by atoms with van der Waals surface area (Å²) < 4.78 is 13.5. The zero-order chi connectivity index (χ0) is 15.7. The number of hydrogen-bond acceptors (Lipinski definition) is 6. The van der Waals surface area contributed by atoms with Crippen LogP contribution in [0, 0.1) is 6.92 Å². The number of imidazole rings is 1. The number of aryl methyl sites for hydroxylation is 1. The molecule has 1 N–H and O–H groups in total. The summed E-state index contributed by atoms with van der Waals surface area (Å²) in [6, 6.07) is 0.547. The van der Waals surface area contributed by atoms with Gasteiger partial charge in [0.1, 0.15) is 5.01 Å². The number of aromatic nitrogens is 3. The second kappa shape index (κ2) is 6.47. The van der Waals surface area contributed by atoms with Crippen molar-refractivity contribution in [3.8, 4) is 0 Å². The van der Waals surface area contributed by atoms with Crippen LogP contribution in [0.3, 0.4) is 0 Å². The van der Waals surface area contributed by atoms with Gasteiger partial charge in [-0.25, -0.2) is 9.50 Å². The standard InChI is InChI=1S/C16H24N4O2S/c1-12-19-20-11-14(18-15(20)23-12)2-6-17-13-3-7-22-16(10-13)4-8-21-9-5-16/h11,13,17H,2-10H2,1H3/t13-/m1/s1. The van der Waals surface area contributed by atoms with Crippen LogP contribution in [-0.4, -0.2) is 52.6 Å². The minimum atomic E-state index is 0.0621. The molecule has 4 heterocycles. The van der Waals surface area contributed by atoms with Gasteiger partial charge in [0, 0.05) is 38.8 Å². The Hall–Kier alpha value is -1.02. The molecule has 0 aliphatic carbocycles. The molecule has 2 aliphatic heterocycles. The van der Waals surface area contributed by atoms with Gasteiger partial charge in [-0.05, 0) is 32.6 Å². The van der Waals surface area contributed by atoms with E-state index in [0.717, 1.165) is 74.1 Å². The lowest BCUT2D eigenvalue weighted by atomic mass is 9.84. The van der Waals surface area contributed by atoms with E-state index in [0.29, 0.717) is 6.04 Å². The van der Waals surface area contributed by atoms with Crippen molar-refractivity contribution >= 4 is 16.3 Å². The van der Waals surface area contributed by atoms with Crippen molar-refractivity contribution < 1.29 is 9.47 Å². The molecule has 7 heteroatoms. The smallest absolute Gasteiger partial charge is 0.212 e. The summed E-state index contributed by atoms with van der Waals surface area (Å²) in [6.45, 7) is 5.51. The molecular weight excluding hydrogens is 312 g/mol. The number of rotatable bonds is 4. The van der Waals surface area contributed by atoms with E-state index in [2.05, 4.69) is 15.4 Å². The van der Waals surface area contributed by atoms with Gasteiger partial charge in [-0.2, -0.15) is 5.10 Å². The molecule has 0 amide bonds. The summed E-state index contributed by atoms with van der Waals surface area (Å²) in [5.41, 5.74) is 1.18. The van der Waals surface area contributed by atoms with Gasteiger partial charge in [0.25, 0.3) is 0 Å². The lowest BCUT2D eigenvalue weighted by Crippen LogP contribution is -2.50. The highest BCUT2D eigenvalue weighted by molar-refractivity contribution is 7.16. The van der Waals surface area contributed by atoms with E-state index >= 15 is 0 Å². The first-order valence-electron chi connectivity index (χ1n) is 8.49. The lowest BCUT2D eigenvalue weighted by molar-refractivity contribution is -0.140. The van der Waals surface area contributed by atoms with Crippen LogP contribution in [0.5, 0.6) is 0 Å². The van der Waals surface area contributed by atoms with Crippen molar-refractivity contribution in [2.24, 2.45) is 0 Å². The molecule has 2 aromatic rings. The predicted octanol–water partition coefficient (Wildman–Crippen LogP) is 1.96. The molecule has 2 fully saturated rings. The second-order valence-electron chi connectivity index (χ2n) is 6.62. The van der Waals surface area contributed by atoms with Gasteiger partial charge in [0.05, 0.1) is 17.5 Å². The van der Waals surface area contributed by atoms with E-state index in [1.165, 1.54) is 0 Å². The molecule has 23 heavy (non-hydrogen) atoms. The Balaban J connectivity index is 1.29. The highest BCUT2D eigenvalue weighted by Gasteiger charge is 2.38. The first kappa shape index (κ1) is 15.5. The Morgan fingerprint density at radius 1 is 1.39 bits per heavy atom. The molecule has 6 nitrogen and oxygen atoms in total. The van der Waals surface area contributed by atoms with Crippen LogP contribution in [0.4, 0.5) is 0 Å². The fraction of sp³-hybridized carbons (Fsp3) is 0.750. The number of ether oxygens (including phenoxy) is 2. The van der Waals surface area contributed by atoms with Crippen LogP contribution >= 0.6 is 11.3 Å². The van der Waals surface area contributed by atoms with Gasteiger partial charge in [0.2, 0.25) is 4.96 Å². The highest BCUT2D eigenvalue weighted by Crippen LogP contribution is 2.34. The minimum absolute atomic E-state index is 0.0621. The number of nitrogens with one attached hydrogen (secondary N) is 1. The lowest BCUT2D eigenvalue weighted by Gasteiger charge is -2.43. The third-order valence-corrected chi connectivity index (χ3v) is 5.74. The van der Waals surface area contributed by atoms with Crippen LogP contribution in [0.2, 0.25) is 0 Å². The molecule has 0 aromatic carbocycles. The largest absolute Gasteiger partial charge is 0.381 e. The Morgan fingerprint density at radius 2 is 2.26 bits per heavy atom. The molecule has 2 saturated heterocycles. The van der Waals surface area contributed by atoms with Crippen LogP contribution in [0.25, 0.3) is 4.96 Å². The van der Waals surface area contributed by atoms with E-state index in [1.54, 1.807) is 11.3 Å². The number of nitrogens with zero attached hydrogens (tertiary/aromatic N) is 3. The summed E-state index contributed by atoms with van der Waals surface area (Å²) in [7, 11) is 0. The first-order valence-corrected chi connectivity index (χ1v) is 9.31. The third kappa shape index (κ3) is 3.42. The molecule has 1 atom stereocenters. The fourth-order valence-corrected chi connectivity index (χ4v) is 4.41. The molecule has 1 spiro atoms. The third-order valence-electron chi connectivity index (χ3n) is 4.91. The molecule has 4 rings (SSSR count). The average Bonchev–Trinajstić information content (AvgIpc) is 3.05. The molecule has 0 bridgehead atoms. The molecule has 2 aliphatic rings. The van der Waals surface area contributed by atoms with Gasteiger partial charge < -0.3 is 14.8 Å². The van der Waals surface area contributed by atoms with Gasteiger partial charge in [-0.1, -0.05) is 11.3 Å². The second-order valence-corrected chi connectivity index (χ2v) is 7.78. The maximum atomic E-state index is 6.10. The van der Waals surface area contributed by atoms with Gasteiger partial charge in [-0.15, -0.1) is 0 Å². The summed E-state index contributed by atoms with van der Waals surface area (Å²) in [5, 5.41) is 9.17. The molecular formula is C16H24N4O2S. The van der Waals surface area contributed by atoms with Crippen molar-refractivity contribution in [1.29, 1.82) is 0 Å². The maximum absolute atomic E-state index is 6.10. The summed E-state index contributed by atoms with van der Waals surface area (Å²) in [6.07, 6.45) is 7.27. The molecule has 0 radical (unpaired) electrons. The topological polar surface area (TPSA) is 60.7 Å². The Kier molecular flexibility index (Phi) is 4.36. The molecule has 126 valence electrons. The zero-order valence-corrected chi connectivity index (χ0v) is 14.4. The van der Waals surface area contributed by atoms with E-state index < -0.39 is 0 Å². The van der Waals surface area contributed by atoms with Crippen LogP contribution in [-0.2, 0) is 15.9 Å².